The maximum Gasteiger partial charge on any atom is 0.162 e. The zero-order valence-electron chi connectivity index (χ0n) is 16.1. The van der Waals surface area contributed by atoms with E-state index in [2.05, 4.69) is 34.6 Å². The highest BCUT2D eigenvalue weighted by molar-refractivity contribution is 5.50. The SMILES string of the molecule is C=CCc1cc(CN2CCN(c3ccc(OC)cc3)CC2)c(O)c(OC)c1. The highest BCUT2D eigenvalue weighted by atomic mass is 16.5. The van der Waals surface area contributed by atoms with Crippen molar-refractivity contribution >= 4 is 5.69 Å². The molecule has 0 bridgehead atoms. The summed E-state index contributed by atoms with van der Waals surface area (Å²) < 4.78 is 10.6. The molecule has 1 aliphatic heterocycles. The van der Waals surface area contributed by atoms with Crippen molar-refractivity contribution in [3.8, 4) is 17.2 Å². The number of hydrogen-bond acceptors (Lipinski definition) is 5. The number of rotatable bonds is 7. The van der Waals surface area contributed by atoms with Gasteiger partial charge < -0.3 is 19.5 Å². The smallest absolute Gasteiger partial charge is 0.162 e. The van der Waals surface area contributed by atoms with E-state index in [-0.39, 0.29) is 5.75 Å². The predicted octanol–water partition coefficient (Wildman–Crippen LogP) is 3.46. The number of methoxy groups -OCH3 is 2. The van der Waals surface area contributed by atoms with Gasteiger partial charge in [-0.15, -0.1) is 6.58 Å². The number of anilines is 1. The van der Waals surface area contributed by atoms with Crippen molar-refractivity contribution < 1.29 is 14.6 Å². The molecule has 0 aliphatic carbocycles. The van der Waals surface area contributed by atoms with E-state index in [1.54, 1.807) is 14.2 Å². The molecule has 0 unspecified atom stereocenters. The molecular weight excluding hydrogens is 340 g/mol. The Labute approximate surface area is 161 Å². The number of aromatic hydroxyl groups is 1. The minimum atomic E-state index is 0.239. The Morgan fingerprint density at radius 3 is 2.33 bits per heavy atom. The van der Waals surface area contributed by atoms with Crippen molar-refractivity contribution in [1.82, 2.24) is 4.90 Å². The first kappa shape index (κ1) is 19.1. The number of ether oxygens (including phenoxy) is 2. The molecule has 1 aliphatic rings. The first-order valence-electron chi connectivity index (χ1n) is 9.25. The fraction of sp³-hybridized carbons (Fsp3) is 0.364. The molecule has 1 N–H and O–H groups in total. The van der Waals surface area contributed by atoms with Crippen LogP contribution in [0.2, 0.25) is 0 Å². The molecule has 0 spiro atoms. The summed E-state index contributed by atoms with van der Waals surface area (Å²) in [6, 6.07) is 12.1. The van der Waals surface area contributed by atoms with E-state index in [0.717, 1.165) is 49.5 Å². The summed E-state index contributed by atoms with van der Waals surface area (Å²) in [4.78, 5) is 4.75. The van der Waals surface area contributed by atoms with Gasteiger partial charge in [0.15, 0.2) is 11.5 Å². The average molecular weight is 368 g/mol. The molecule has 1 heterocycles. The molecule has 2 aromatic rings. The Hall–Kier alpha value is -2.66. The zero-order chi connectivity index (χ0) is 19.2. The standard InChI is InChI=1S/C22H28N2O3/c1-4-5-17-14-18(22(25)21(15-17)27-3)16-23-10-12-24(13-11-23)19-6-8-20(26-2)9-7-19/h4,6-9,14-15,25H,1,5,10-13,16H2,2-3H3. The summed E-state index contributed by atoms with van der Waals surface area (Å²) in [5.74, 6) is 1.64. The van der Waals surface area contributed by atoms with Crippen molar-refractivity contribution in [3.63, 3.8) is 0 Å². The number of phenolic OH excluding ortho intramolecular Hbond substituents is 1. The van der Waals surface area contributed by atoms with E-state index >= 15 is 0 Å². The third-order valence-electron chi connectivity index (χ3n) is 5.02. The Morgan fingerprint density at radius 1 is 1.04 bits per heavy atom. The summed E-state index contributed by atoms with van der Waals surface area (Å²) in [6.07, 6.45) is 2.62. The van der Waals surface area contributed by atoms with Gasteiger partial charge in [-0.3, -0.25) is 4.90 Å². The Morgan fingerprint density at radius 2 is 1.74 bits per heavy atom. The lowest BCUT2D eigenvalue weighted by molar-refractivity contribution is 0.245. The van der Waals surface area contributed by atoms with Gasteiger partial charge in [-0.05, 0) is 42.3 Å². The lowest BCUT2D eigenvalue weighted by Crippen LogP contribution is -2.45. The van der Waals surface area contributed by atoms with Crippen molar-refractivity contribution in [2.75, 3.05) is 45.3 Å². The van der Waals surface area contributed by atoms with Crippen molar-refractivity contribution in [1.29, 1.82) is 0 Å². The van der Waals surface area contributed by atoms with Crippen LogP contribution in [0.15, 0.2) is 49.1 Å². The van der Waals surface area contributed by atoms with Crippen LogP contribution < -0.4 is 14.4 Å². The molecule has 1 fully saturated rings. The second-order valence-corrected chi connectivity index (χ2v) is 6.76. The molecule has 0 amide bonds. The van der Waals surface area contributed by atoms with E-state index in [9.17, 15) is 5.11 Å². The zero-order valence-corrected chi connectivity index (χ0v) is 16.1. The van der Waals surface area contributed by atoms with E-state index < -0.39 is 0 Å². The van der Waals surface area contributed by atoms with Gasteiger partial charge in [0, 0.05) is 44.0 Å². The molecule has 3 rings (SSSR count). The summed E-state index contributed by atoms with van der Waals surface area (Å²) in [7, 11) is 3.27. The molecule has 0 radical (unpaired) electrons. The molecule has 5 nitrogen and oxygen atoms in total. The van der Waals surface area contributed by atoms with Gasteiger partial charge in [0.2, 0.25) is 0 Å². The second kappa shape index (κ2) is 8.82. The Balaban J connectivity index is 1.64. The van der Waals surface area contributed by atoms with E-state index in [1.807, 2.05) is 24.3 Å². The van der Waals surface area contributed by atoms with Gasteiger partial charge in [0.25, 0.3) is 0 Å². The van der Waals surface area contributed by atoms with Gasteiger partial charge in [0.1, 0.15) is 5.75 Å². The fourth-order valence-electron chi connectivity index (χ4n) is 3.49. The van der Waals surface area contributed by atoms with Gasteiger partial charge in [-0.25, -0.2) is 0 Å². The number of hydrogen-bond donors (Lipinski definition) is 1. The maximum absolute atomic E-state index is 10.5. The van der Waals surface area contributed by atoms with Crippen LogP contribution in [0.4, 0.5) is 5.69 Å². The van der Waals surface area contributed by atoms with E-state index in [1.165, 1.54) is 5.69 Å². The topological polar surface area (TPSA) is 45.2 Å². The van der Waals surface area contributed by atoms with Gasteiger partial charge in [-0.1, -0.05) is 12.1 Å². The molecule has 27 heavy (non-hydrogen) atoms. The van der Waals surface area contributed by atoms with Gasteiger partial charge >= 0.3 is 0 Å². The number of piperazine rings is 1. The molecular formula is C22H28N2O3. The third kappa shape index (κ3) is 4.55. The number of nitrogens with zero attached hydrogens (tertiary/aromatic N) is 2. The van der Waals surface area contributed by atoms with Crippen LogP contribution in [0.25, 0.3) is 0 Å². The highest BCUT2D eigenvalue weighted by Crippen LogP contribution is 2.33. The lowest BCUT2D eigenvalue weighted by atomic mass is 10.0. The Kier molecular flexibility index (Phi) is 6.24. The highest BCUT2D eigenvalue weighted by Gasteiger charge is 2.20. The summed E-state index contributed by atoms with van der Waals surface area (Å²) >= 11 is 0. The molecule has 1 saturated heterocycles. The van der Waals surface area contributed by atoms with Crippen LogP contribution in [0.1, 0.15) is 11.1 Å². The van der Waals surface area contributed by atoms with E-state index in [0.29, 0.717) is 12.3 Å². The number of allylic oxidation sites excluding steroid dienone is 1. The molecule has 0 atom stereocenters. The van der Waals surface area contributed by atoms with E-state index in [4.69, 9.17) is 9.47 Å². The van der Waals surface area contributed by atoms with Crippen LogP contribution in [-0.4, -0.2) is 50.4 Å². The molecule has 0 aromatic heterocycles. The summed E-state index contributed by atoms with van der Waals surface area (Å²) in [5, 5.41) is 10.5. The van der Waals surface area contributed by atoms with Gasteiger partial charge in [0.05, 0.1) is 14.2 Å². The molecule has 2 aromatic carbocycles. The predicted molar refractivity (Wildman–Crippen MR) is 109 cm³/mol. The monoisotopic (exact) mass is 368 g/mol. The average Bonchev–Trinajstić information content (AvgIpc) is 2.71. The fourth-order valence-corrected chi connectivity index (χ4v) is 3.49. The minimum Gasteiger partial charge on any atom is -0.504 e. The largest absolute Gasteiger partial charge is 0.504 e. The number of benzene rings is 2. The maximum atomic E-state index is 10.5. The van der Waals surface area contributed by atoms with Crippen molar-refractivity contribution in [3.05, 3.63) is 60.2 Å². The first-order chi connectivity index (χ1) is 13.1. The van der Waals surface area contributed by atoms with Crippen LogP contribution in [0.5, 0.6) is 17.2 Å². The summed E-state index contributed by atoms with van der Waals surface area (Å²) in [5.41, 5.74) is 3.23. The molecule has 0 saturated carbocycles. The van der Waals surface area contributed by atoms with Crippen molar-refractivity contribution in [2.45, 2.75) is 13.0 Å². The van der Waals surface area contributed by atoms with Gasteiger partial charge in [-0.2, -0.15) is 0 Å². The molecule has 5 heteroatoms. The second-order valence-electron chi connectivity index (χ2n) is 6.76. The molecule has 144 valence electrons. The third-order valence-corrected chi connectivity index (χ3v) is 5.02. The van der Waals surface area contributed by atoms with Crippen LogP contribution in [0.3, 0.4) is 0 Å². The Bertz CT molecular complexity index is 766. The number of phenols is 1. The van der Waals surface area contributed by atoms with Crippen LogP contribution >= 0.6 is 0 Å². The van der Waals surface area contributed by atoms with Crippen LogP contribution in [0, 0.1) is 0 Å². The normalized spacial score (nSPS) is 14.8. The first-order valence-corrected chi connectivity index (χ1v) is 9.25. The lowest BCUT2D eigenvalue weighted by Gasteiger charge is -2.36. The minimum absolute atomic E-state index is 0.239. The van der Waals surface area contributed by atoms with Crippen molar-refractivity contribution in [2.24, 2.45) is 0 Å². The van der Waals surface area contributed by atoms with Crippen LogP contribution in [-0.2, 0) is 13.0 Å². The quantitative estimate of drug-likeness (QED) is 0.759. The summed E-state index contributed by atoms with van der Waals surface area (Å²) in [6.45, 7) is 8.31.